The first-order valence-corrected chi connectivity index (χ1v) is 8.15. The van der Waals surface area contributed by atoms with Gasteiger partial charge >= 0.3 is 12.0 Å². The molecule has 1 unspecified atom stereocenters. The lowest BCUT2D eigenvalue weighted by atomic mass is 9.97. The Bertz CT molecular complexity index is 870. The quantitative estimate of drug-likeness (QED) is 0.594. The molecule has 0 spiro atoms. The molecule has 0 aromatic heterocycles. The van der Waals surface area contributed by atoms with E-state index in [1.54, 1.807) is 0 Å². The highest BCUT2D eigenvalue weighted by Crippen LogP contribution is 2.56. The maximum atomic E-state index is 14.3. The van der Waals surface area contributed by atoms with Crippen LogP contribution in [-0.2, 0) is 10.0 Å². The molecule has 0 fully saturated rings. The molecule has 2 aromatic rings. The van der Waals surface area contributed by atoms with Crippen molar-refractivity contribution in [2.24, 2.45) is 0 Å². The SMILES string of the molecule is O=S(=O)(c1ccccc1)N1c2ccccc2C(F)C(F)(F)C1(F)F. The Hall–Kier alpha value is -2.16. The van der Waals surface area contributed by atoms with Crippen molar-refractivity contribution >= 4 is 15.7 Å². The fourth-order valence-corrected chi connectivity index (χ4v) is 4.06. The normalized spacial score (nSPS) is 22.0. The average Bonchev–Trinajstić information content (AvgIpc) is 2.54. The van der Waals surface area contributed by atoms with E-state index in [9.17, 15) is 30.4 Å². The zero-order valence-corrected chi connectivity index (χ0v) is 12.7. The van der Waals surface area contributed by atoms with Crippen LogP contribution in [0.5, 0.6) is 0 Å². The van der Waals surface area contributed by atoms with Crippen LogP contribution < -0.4 is 4.31 Å². The molecule has 1 aliphatic heterocycles. The molecule has 0 amide bonds. The first-order valence-electron chi connectivity index (χ1n) is 6.71. The molecule has 1 heterocycles. The second-order valence-corrected chi connectivity index (χ2v) is 6.95. The molecule has 9 heteroatoms. The van der Waals surface area contributed by atoms with E-state index < -0.39 is 48.6 Å². The lowest BCUT2D eigenvalue weighted by molar-refractivity contribution is -0.238. The van der Waals surface area contributed by atoms with Gasteiger partial charge in [-0.1, -0.05) is 36.4 Å². The molecule has 0 bridgehead atoms. The predicted molar refractivity (Wildman–Crippen MR) is 76.3 cm³/mol. The summed E-state index contributed by atoms with van der Waals surface area (Å²) in [7, 11) is -5.04. The number of hydrogen-bond acceptors (Lipinski definition) is 2. The summed E-state index contributed by atoms with van der Waals surface area (Å²) in [6.07, 6.45) is -3.33. The number of halogens is 5. The standard InChI is InChI=1S/C15H10F5NO2S/c16-13-11-8-4-5-9-12(11)21(15(19,20)14(13,17)18)24(22,23)10-6-2-1-3-7-10/h1-9,13H. The molecule has 2 aromatic carbocycles. The second kappa shape index (κ2) is 5.17. The van der Waals surface area contributed by atoms with Crippen LogP contribution in [0, 0.1) is 0 Å². The zero-order chi connectivity index (χ0) is 17.8. The van der Waals surface area contributed by atoms with E-state index in [0.29, 0.717) is 0 Å². The number of nitrogens with zero attached hydrogens (tertiary/aromatic N) is 1. The van der Waals surface area contributed by atoms with Gasteiger partial charge in [0.15, 0.2) is 6.17 Å². The van der Waals surface area contributed by atoms with E-state index in [-0.39, 0.29) is 0 Å². The number of benzene rings is 2. The fraction of sp³-hybridized carbons (Fsp3) is 0.200. The van der Waals surface area contributed by atoms with E-state index in [2.05, 4.69) is 0 Å². The van der Waals surface area contributed by atoms with Gasteiger partial charge in [0, 0.05) is 5.56 Å². The van der Waals surface area contributed by atoms with Gasteiger partial charge in [0.25, 0.3) is 10.0 Å². The Morgan fingerprint density at radius 3 is 2.04 bits per heavy atom. The highest BCUT2D eigenvalue weighted by atomic mass is 32.2. The van der Waals surface area contributed by atoms with Crippen molar-refractivity contribution in [2.75, 3.05) is 4.31 Å². The molecule has 1 aliphatic rings. The Labute approximate surface area is 134 Å². The van der Waals surface area contributed by atoms with Crippen LogP contribution >= 0.6 is 0 Å². The largest absolute Gasteiger partial charge is 0.404 e. The van der Waals surface area contributed by atoms with Gasteiger partial charge in [-0.2, -0.15) is 21.9 Å². The van der Waals surface area contributed by atoms with E-state index in [4.69, 9.17) is 0 Å². The van der Waals surface area contributed by atoms with Crippen LogP contribution in [0.1, 0.15) is 11.7 Å². The fourth-order valence-electron chi connectivity index (χ4n) is 2.50. The third-order valence-corrected chi connectivity index (χ3v) is 5.46. The minimum atomic E-state index is -5.27. The molecule has 3 nitrogen and oxygen atoms in total. The Kier molecular flexibility index (Phi) is 3.59. The highest BCUT2D eigenvalue weighted by molar-refractivity contribution is 7.92. The number of sulfonamides is 1. The number of hydrogen-bond donors (Lipinski definition) is 0. The summed E-state index contributed by atoms with van der Waals surface area (Å²) in [4.78, 5) is -0.604. The van der Waals surface area contributed by atoms with Crippen LogP contribution in [-0.4, -0.2) is 20.4 Å². The van der Waals surface area contributed by atoms with Crippen molar-refractivity contribution in [3.63, 3.8) is 0 Å². The van der Waals surface area contributed by atoms with Gasteiger partial charge in [-0.25, -0.2) is 12.8 Å². The first kappa shape index (κ1) is 16.7. The molecule has 0 aliphatic carbocycles. The third kappa shape index (κ3) is 2.10. The highest BCUT2D eigenvalue weighted by Gasteiger charge is 2.72. The van der Waals surface area contributed by atoms with Crippen molar-refractivity contribution < 1.29 is 30.4 Å². The third-order valence-electron chi connectivity index (χ3n) is 3.68. The summed E-state index contributed by atoms with van der Waals surface area (Å²) < 4.78 is 94.8. The number of fused-ring (bicyclic) bond motifs is 1. The Morgan fingerprint density at radius 2 is 1.42 bits per heavy atom. The number of para-hydroxylation sites is 1. The second-order valence-electron chi connectivity index (χ2n) is 5.17. The van der Waals surface area contributed by atoms with Crippen molar-refractivity contribution in [1.29, 1.82) is 0 Å². The maximum Gasteiger partial charge on any atom is 0.404 e. The van der Waals surface area contributed by atoms with Crippen LogP contribution in [0.15, 0.2) is 59.5 Å². The molecule has 1 atom stereocenters. The molecule has 0 radical (unpaired) electrons. The molecule has 0 saturated carbocycles. The average molecular weight is 363 g/mol. The van der Waals surface area contributed by atoms with Crippen LogP contribution in [0.3, 0.4) is 0 Å². The summed E-state index contributed by atoms with van der Waals surface area (Å²) in [6.45, 7) is 0. The summed E-state index contributed by atoms with van der Waals surface area (Å²) >= 11 is 0. The van der Waals surface area contributed by atoms with Crippen LogP contribution in [0.25, 0.3) is 0 Å². The monoisotopic (exact) mass is 363 g/mol. The Balaban J connectivity index is 2.32. The summed E-state index contributed by atoms with van der Waals surface area (Å²) in [5.41, 5.74) is -1.63. The maximum absolute atomic E-state index is 14.3. The Morgan fingerprint density at radius 1 is 0.875 bits per heavy atom. The van der Waals surface area contributed by atoms with Crippen molar-refractivity contribution in [2.45, 2.75) is 23.0 Å². The minimum absolute atomic E-state index is 0.604. The van der Waals surface area contributed by atoms with E-state index >= 15 is 0 Å². The van der Waals surface area contributed by atoms with E-state index in [1.165, 1.54) is 24.3 Å². The lowest BCUT2D eigenvalue weighted by Gasteiger charge is -2.42. The van der Waals surface area contributed by atoms with Gasteiger partial charge < -0.3 is 0 Å². The van der Waals surface area contributed by atoms with Gasteiger partial charge in [-0.05, 0) is 18.2 Å². The molecule has 0 N–H and O–H groups in total. The summed E-state index contributed by atoms with van der Waals surface area (Å²) in [5.74, 6) is -5.22. The van der Waals surface area contributed by atoms with Gasteiger partial charge in [-0.15, -0.1) is 0 Å². The molecular formula is C15H10F5NO2S. The minimum Gasteiger partial charge on any atom is -0.235 e. The molecular weight excluding hydrogens is 353 g/mol. The molecule has 128 valence electrons. The molecule has 24 heavy (non-hydrogen) atoms. The molecule has 0 saturated heterocycles. The van der Waals surface area contributed by atoms with Crippen molar-refractivity contribution in [3.8, 4) is 0 Å². The summed E-state index contributed by atoms with van der Waals surface area (Å²) in [6, 6.07) is 4.73. The first-order chi connectivity index (χ1) is 11.1. The van der Waals surface area contributed by atoms with E-state index in [0.717, 1.165) is 30.3 Å². The number of alkyl halides is 5. The van der Waals surface area contributed by atoms with E-state index in [1.807, 2.05) is 0 Å². The number of anilines is 1. The van der Waals surface area contributed by atoms with Crippen LogP contribution in [0.4, 0.5) is 27.6 Å². The van der Waals surface area contributed by atoms with Crippen molar-refractivity contribution in [1.82, 2.24) is 0 Å². The zero-order valence-electron chi connectivity index (χ0n) is 11.8. The van der Waals surface area contributed by atoms with Gasteiger partial charge in [0.1, 0.15) is 0 Å². The van der Waals surface area contributed by atoms with Gasteiger partial charge in [0.05, 0.1) is 10.6 Å². The lowest BCUT2D eigenvalue weighted by Crippen LogP contribution is -2.61. The van der Waals surface area contributed by atoms with Crippen molar-refractivity contribution in [3.05, 3.63) is 60.2 Å². The summed E-state index contributed by atoms with van der Waals surface area (Å²) in [5, 5.41) is 0. The van der Waals surface area contributed by atoms with Gasteiger partial charge in [0.2, 0.25) is 0 Å². The topological polar surface area (TPSA) is 37.4 Å². The molecule has 3 rings (SSSR count). The number of rotatable bonds is 2. The smallest absolute Gasteiger partial charge is 0.235 e. The predicted octanol–water partition coefficient (Wildman–Crippen LogP) is 4.13. The van der Waals surface area contributed by atoms with Crippen LogP contribution in [0.2, 0.25) is 0 Å². The van der Waals surface area contributed by atoms with Gasteiger partial charge in [-0.3, -0.25) is 0 Å².